The Morgan fingerprint density at radius 1 is 1.00 bits per heavy atom. The molecule has 6 heteroatoms. The van der Waals surface area contributed by atoms with Crippen molar-refractivity contribution < 1.29 is 4.42 Å². The summed E-state index contributed by atoms with van der Waals surface area (Å²) in [6.07, 6.45) is 7.07. The Balaban J connectivity index is 1.43. The molecule has 0 unspecified atom stereocenters. The fourth-order valence-electron chi connectivity index (χ4n) is 3.93. The van der Waals surface area contributed by atoms with E-state index in [1.807, 2.05) is 28.8 Å². The van der Waals surface area contributed by atoms with Crippen LogP contribution < -0.4 is 0 Å². The van der Waals surface area contributed by atoms with Crippen LogP contribution in [0.2, 0.25) is 0 Å². The molecule has 3 aromatic heterocycles. The van der Waals surface area contributed by atoms with Gasteiger partial charge in [0, 0.05) is 30.1 Å². The first-order valence-corrected chi connectivity index (χ1v) is 10.1. The molecule has 0 amide bonds. The summed E-state index contributed by atoms with van der Waals surface area (Å²) in [4.78, 5) is 6.92. The number of aryl methyl sites for hydroxylation is 2. The number of aromatic nitrogens is 4. The second-order valence-electron chi connectivity index (χ2n) is 7.80. The first-order valence-electron chi connectivity index (χ1n) is 10.1. The third kappa shape index (κ3) is 3.46. The predicted molar refractivity (Wildman–Crippen MR) is 117 cm³/mol. The molecule has 0 radical (unpaired) electrons. The normalized spacial score (nSPS) is 11.7. The van der Waals surface area contributed by atoms with Crippen molar-refractivity contribution >= 4 is 16.6 Å². The SMILES string of the molecule is CN(C)Cc1ccc(-c2cnc(CCc3cccc4occc34)n3cnnc23)cc1. The zero-order chi connectivity index (χ0) is 20.5. The van der Waals surface area contributed by atoms with Crippen molar-refractivity contribution in [2.24, 2.45) is 0 Å². The number of hydrogen-bond acceptors (Lipinski definition) is 5. The largest absolute Gasteiger partial charge is 0.464 e. The molecular formula is C24H23N5O. The third-order valence-electron chi connectivity index (χ3n) is 5.38. The molecule has 5 rings (SSSR count). The number of furan rings is 1. The van der Waals surface area contributed by atoms with Crippen LogP contribution in [-0.4, -0.2) is 38.6 Å². The zero-order valence-electron chi connectivity index (χ0n) is 17.1. The van der Waals surface area contributed by atoms with Gasteiger partial charge in [0.25, 0.3) is 0 Å². The third-order valence-corrected chi connectivity index (χ3v) is 5.38. The standard InChI is InChI=1S/C24H23N5O/c1-28(2)15-17-6-8-19(9-7-17)21-14-25-23(29-16-26-27-24(21)29)11-10-18-4-3-5-22-20(18)12-13-30-22/h3-9,12-14,16H,10-11,15H2,1-2H3. The molecule has 5 aromatic rings. The van der Waals surface area contributed by atoms with E-state index in [-0.39, 0.29) is 0 Å². The van der Waals surface area contributed by atoms with Gasteiger partial charge in [-0.3, -0.25) is 4.40 Å². The maximum atomic E-state index is 5.52. The molecule has 0 fully saturated rings. The van der Waals surface area contributed by atoms with E-state index in [4.69, 9.17) is 9.40 Å². The van der Waals surface area contributed by atoms with Crippen molar-refractivity contribution in [3.05, 3.63) is 84.3 Å². The molecule has 30 heavy (non-hydrogen) atoms. The van der Waals surface area contributed by atoms with E-state index in [2.05, 4.69) is 59.5 Å². The Morgan fingerprint density at radius 3 is 2.70 bits per heavy atom. The van der Waals surface area contributed by atoms with Crippen LogP contribution in [-0.2, 0) is 19.4 Å². The maximum Gasteiger partial charge on any atom is 0.171 e. The Bertz CT molecular complexity index is 1300. The smallest absolute Gasteiger partial charge is 0.171 e. The zero-order valence-corrected chi connectivity index (χ0v) is 17.1. The molecule has 3 heterocycles. The molecule has 0 aliphatic heterocycles. The molecule has 0 atom stereocenters. The maximum absolute atomic E-state index is 5.52. The molecule has 0 spiro atoms. The second-order valence-corrected chi connectivity index (χ2v) is 7.80. The molecule has 0 saturated carbocycles. The van der Waals surface area contributed by atoms with Crippen LogP contribution in [0.3, 0.4) is 0 Å². The van der Waals surface area contributed by atoms with Gasteiger partial charge in [0.05, 0.1) is 6.26 Å². The van der Waals surface area contributed by atoms with E-state index < -0.39 is 0 Å². The number of benzene rings is 2. The van der Waals surface area contributed by atoms with Crippen LogP contribution in [0.15, 0.2) is 71.7 Å². The average molecular weight is 397 g/mol. The van der Waals surface area contributed by atoms with Crippen LogP contribution in [0.1, 0.15) is 17.0 Å². The second kappa shape index (κ2) is 7.72. The van der Waals surface area contributed by atoms with Crippen LogP contribution in [0.5, 0.6) is 0 Å². The summed E-state index contributed by atoms with van der Waals surface area (Å²) < 4.78 is 7.52. The Hall–Kier alpha value is -3.51. The van der Waals surface area contributed by atoms with E-state index in [0.29, 0.717) is 0 Å². The molecule has 0 aliphatic carbocycles. The Kier molecular flexibility index (Phi) is 4.77. The topological polar surface area (TPSA) is 59.5 Å². The molecule has 0 aliphatic rings. The molecule has 150 valence electrons. The lowest BCUT2D eigenvalue weighted by Crippen LogP contribution is -2.10. The first kappa shape index (κ1) is 18.5. The number of hydrogen-bond donors (Lipinski definition) is 0. The molecule has 6 nitrogen and oxygen atoms in total. The summed E-state index contributed by atoms with van der Waals surface area (Å²) in [5.74, 6) is 0.948. The highest BCUT2D eigenvalue weighted by atomic mass is 16.3. The number of nitrogens with zero attached hydrogens (tertiary/aromatic N) is 5. The highest BCUT2D eigenvalue weighted by molar-refractivity contribution is 5.81. The van der Waals surface area contributed by atoms with Crippen molar-refractivity contribution in [1.29, 1.82) is 0 Å². The highest BCUT2D eigenvalue weighted by Gasteiger charge is 2.12. The van der Waals surface area contributed by atoms with E-state index >= 15 is 0 Å². The number of rotatable bonds is 6. The van der Waals surface area contributed by atoms with Crippen LogP contribution >= 0.6 is 0 Å². The Morgan fingerprint density at radius 2 is 1.87 bits per heavy atom. The summed E-state index contributed by atoms with van der Waals surface area (Å²) in [6.45, 7) is 0.918. The Labute approximate surface area is 174 Å². The monoisotopic (exact) mass is 397 g/mol. The van der Waals surface area contributed by atoms with Gasteiger partial charge in [0.2, 0.25) is 0 Å². The van der Waals surface area contributed by atoms with Gasteiger partial charge in [-0.25, -0.2) is 4.98 Å². The van der Waals surface area contributed by atoms with Gasteiger partial charge in [-0.1, -0.05) is 36.4 Å². The van der Waals surface area contributed by atoms with Gasteiger partial charge in [-0.05, 0) is 49.3 Å². The summed E-state index contributed by atoms with van der Waals surface area (Å²) >= 11 is 0. The lowest BCUT2D eigenvalue weighted by molar-refractivity contribution is 0.402. The van der Waals surface area contributed by atoms with Crippen LogP contribution in [0.25, 0.3) is 27.7 Å². The molecule has 0 saturated heterocycles. The van der Waals surface area contributed by atoms with E-state index in [1.165, 1.54) is 11.1 Å². The van der Waals surface area contributed by atoms with Crippen molar-refractivity contribution in [1.82, 2.24) is 24.5 Å². The van der Waals surface area contributed by atoms with Crippen molar-refractivity contribution in [3.8, 4) is 11.1 Å². The minimum atomic E-state index is 0.793. The molecule has 2 aromatic carbocycles. The molecule has 0 bridgehead atoms. The van der Waals surface area contributed by atoms with E-state index in [1.54, 1.807) is 12.6 Å². The molecule has 0 N–H and O–H groups in total. The van der Waals surface area contributed by atoms with Crippen molar-refractivity contribution in [2.75, 3.05) is 14.1 Å². The van der Waals surface area contributed by atoms with E-state index in [9.17, 15) is 0 Å². The van der Waals surface area contributed by atoms with Crippen molar-refractivity contribution in [2.45, 2.75) is 19.4 Å². The lowest BCUT2D eigenvalue weighted by atomic mass is 10.0. The van der Waals surface area contributed by atoms with E-state index in [0.717, 1.165) is 53.0 Å². The van der Waals surface area contributed by atoms with Gasteiger partial charge in [-0.15, -0.1) is 10.2 Å². The fraction of sp³-hybridized carbons (Fsp3) is 0.208. The van der Waals surface area contributed by atoms with Crippen LogP contribution in [0.4, 0.5) is 0 Å². The molecular weight excluding hydrogens is 374 g/mol. The quantitative estimate of drug-likeness (QED) is 0.425. The highest BCUT2D eigenvalue weighted by Crippen LogP contribution is 2.25. The van der Waals surface area contributed by atoms with Gasteiger partial charge < -0.3 is 9.32 Å². The summed E-state index contributed by atoms with van der Waals surface area (Å²) in [5, 5.41) is 9.69. The van der Waals surface area contributed by atoms with Gasteiger partial charge in [-0.2, -0.15) is 0 Å². The fourth-order valence-corrected chi connectivity index (χ4v) is 3.93. The van der Waals surface area contributed by atoms with Crippen molar-refractivity contribution in [3.63, 3.8) is 0 Å². The van der Waals surface area contributed by atoms with Gasteiger partial charge >= 0.3 is 0 Å². The lowest BCUT2D eigenvalue weighted by Gasteiger charge is -2.11. The minimum absolute atomic E-state index is 0.793. The minimum Gasteiger partial charge on any atom is -0.464 e. The predicted octanol–water partition coefficient (Wildman–Crippen LogP) is 4.38. The van der Waals surface area contributed by atoms with Gasteiger partial charge in [0.1, 0.15) is 17.7 Å². The summed E-state index contributed by atoms with van der Waals surface area (Å²) in [7, 11) is 4.15. The summed E-state index contributed by atoms with van der Waals surface area (Å²) in [6, 6.07) is 16.8. The van der Waals surface area contributed by atoms with Gasteiger partial charge in [0.15, 0.2) is 5.65 Å². The van der Waals surface area contributed by atoms with Crippen LogP contribution in [0, 0.1) is 0 Å². The number of fused-ring (bicyclic) bond motifs is 2. The average Bonchev–Trinajstić information content (AvgIpc) is 3.42. The summed E-state index contributed by atoms with van der Waals surface area (Å²) in [5.41, 5.74) is 6.37. The first-order chi connectivity index (χ1) is 14.7.